The van der Waals surface area contributed by atoms with Gasteiger partial charge in [0.15, 0.2) is 0 Å². The number of hydrogen-bond donors (Lipinski definition) is 1. The van der Waals surface area contributed by atoms with Crippen molar-refractivity contribution in [2.75, 3.05) is 40.0 Å². The van der Waals surface area contributed by atoms with E-state index in [0.29, 0.717) is 0 Å². The predicted octanol–water partition coefficient (Wildman–Crippen LogP) is 1.60. The van der Waals surface area contributed by atoms with E-state index >= 15 is 0 Å². The van der Waals surface area contributed by atoms with Crippen molar-refractivity contribution in [1.29, 1.82) is 0 Å². The van der Waals surface area contributed by atoms with Gasteiger partial charge in [0.2, 0.25) is 0 Å². The van der Waals surface area contributed by atoms with Crippen molar-refractivity contribution in [2.24, 2.45) is 0 Å². The Labute approximate surface area is 87.5 Å². The number of ether oxygens (including phenoxy) is 2. The molecular formula is C11H23NO2. The molecule has 84 valence electrons. The van der Waals surface area contributed by atoms with Crippen molar-refractivity contribution < 1.29 is 9.47 Å². The molecule has 0 aliphatic rings. The highest BCUT2D eigenvalue weighted by atomic mass is 16.5. The fourth-order valence-corrected chi connectivity index (χ4v) is 0.930. The van der Waals surface area contributed by atoms with Crippen LogP contribution in [0.5, 0.6) is 0 Å². The Morgan fingerprint density at radius 1 is 1.21 bits per heavy atom. The Balaban J connectivity index is 2.96. The van der Waals surface area contributed by atoms with Crippen LogP contribution in [-0.4, -0.2) is 40.0 Å². The first kappa shape index (κ1) is 13.6. The molecule has 0 saturated carbocycles. The van der Waals surface area contributed by atoms with Gasteiger partial charge in [0.1, 0.15) is 0 Å². The normalized spacial score (nSPS) is 10.2. The van der Waals surface area contributed by atoms with E-state index in [4.69, 9.17) is 9.47 Å². The first-order valence-corrected chi connectivity index (χ1v) is 5.18. The topological polar surface area (TPSA) is 30.5 Å². The molecule has 0 aromatic heterocycles. The van der Waals surface area contributed by atoms with Gasteiger partial charge in [-0.25, -0.2) is 0 Å². The highest BCUT2D eigenvalue weighted by Gasteiger charge is 1.88. The zero-order valence-corrected chi connectivity index (χ0v) is 9.64. The molecule has 3 nitrogen and oxygen atoms in total. The van der Waals surface area contributed by atoms with E-state index in [-0.39, 0.29) is 0 Å². The number of nitrogens with one attached hydrogen (secondary N) is 1. The van der Waals surface area contributed by atoms with E-state index < -0.39 is 0 Å². The van der Waals surface area contributed by atoms with E-state index in [9.17, 15) is 0 Å². The number of methoxy groups -OCH3 is 1. The Bertz CT molecular complexity index is 142. The third-order valence-corrected chi connectivity index (χ3v) is 1.71. The van der Waals surface area contributed by atoms with Crippen LogP contribution in [0.25, 0.3) is 0 Å². The first-order valence-electron chi connectivity index (χ1n) is 5.18. The van der Waals surface area contributed by atoms with E-state index in [1.807, 2.05) is 0 Å². The Hall–Kier alpha value is -0.380. The van der Waals surface area contributed by atoms with Crippen LogP contribution < -0.4 is 5.32 Å². The second-order valence-corrected chi connectivity index (χ2v) is 3.44. The summed E-state index contributed by atoms with van der Waals surface area (Å²) in [7, 11) is 1.71. The van der Waals surface area contributed by atoms with Crippen LogP contribution in [0.3, 0.4) is 0 Å². The lowest BCUT2D eigenvalue weighted by molar-refractivity contribution is 0.105. The number of allylic oxidation sites excluding steroid dienone is 1. The lowest BCUT2D eigenvalue weighted by Crippen LogP contribution is -2.20. The molecule has 0 saturated heterocycles. The fraction of sp³-hybridized carbons (Fsp3) is 0.818. The average molecular weight is 201 g/mol. The zero-order chi connectivity index (χ0) is 10.6. The Kier molecular flexibility index (Phi) is 10.4. The monoisotopic (exact) mass is 201 g/mol. The number of hydrogen-bond acceptors (Lipinski definition) is 3. The largest absolute Gasteiger partial charge is 0.385 e. The van der Waals surface area contributed by atoms with Gasteiger partial charge in [-0.2, -0.15) is 0 Å². The minimum atomic E-state index is 0.778. The van der Waals surface area contributed by atoms with Crippen LogP contribution in [0.4, 0.5) is 0 Å². The summed E-state index contributed by atoms with van der Waals surface area (Å²) in [5.41, 5.74) is 1.35. The molecule has 0 heterocycles. The summed E-state index contributed by atoms with van der Waals surface area (Å²) in [5, 5.41) is 3.27. The van der Waals surface area contributed by atoms with Crippen LogP contribution in [0.1, 0.15) is 20.3 Å². The van der Waals surface area contributed by atoms with Crippen LogP contribution in [-0.2, 0) is 9.47 Å². The second kappa shape index (κ2) is 10.7. The molecule has 0 aromatic rings. The van der Waals surface area contributed by atoms with E-state index in [0.717, 1.165) is 39.3 Å². The van der Waals surface area contributed by atoms with Crippen LogP contribution in [0, 0.1) is 0 Å². The lowest BCUT2D eigenvalue weighted by atomic mass is 10.3. The molecule has 3 heteroatoms. The maximum absolute atomic E-state index is 5.38. The second-order valence-electron chi connectivity index (χ2n) is 3.44. The summed E-state index contributed by atoms with van der Waals surface area (Å²) in [5.74, 6) is 0. The molecule has 0 fully saturated rings. The molecule has 14 heavy (non-hydrogen) atoms. The maximum Gasteiger partial charge on any atom is 0.0591 e. The molecule has 0 aromatic carbocycles. The van der Waals surface area contributed by atoms with Crippen LogP contribution in [0.2, 0.25) is 0 Å². The molecule has 1 N–H and O–H groups in total. The van der Waals surface area contributed by atoms with Gasteiger partial charge in [-0.15, -0.1) is 0 Å². The van der Waals surface area contributed by atoms with Gasteiger partial charge in [-0.05, 0) is 20.3 Å². The summed E-state index contributed by atoms with van der Waals surface area (Å²) < 4.78 is 10.3. The molecule has 0 amide bonds. The van der Waals surface area contributed by atoms with Gasteiger partial charge >= 0.3 is 0 Å². The highest BCUT2D eigenvalue weighted by molar-refractivity contribution is 4.94. The van der Waals surface area contributed by atoms with E-state index in [2.05, 4.69) is 25.2 Å². The summed E-state index contributed by atoms with van der Waals surface area (Å²) in [6.07, 6.45) is 3.15. The van der Waals surface area contributed by atoms with Gasteiger partial charge in [0, 0.05) is 33.4 Å². The number of rotatable bonds is 9. The molecule has 0 aliphatic heterocycles. The molecule has 0 aliphatic carbocycles. The van der Waals surface area contributed by atoms with Gasteiger partial charge in [0.05, 0.1) is 6.61 Å². The van der Waals surface area contributed by atoms with Crippen LogP contribution in [0.15, 0.2) is 11.6 Å². The summed E-state index contributed by atoms with van der Waals surface area (Å²) in [4.78, 5) is 0. The van der Waals surface area contributed by atoms with Crippen molar-refractivity contribution >= 4 is 0 Å². The van der Waals surface area contributed by atoms with Crippen molar-refractivity contribution in [3.05, 3.63) is 11.6 Å². The zero-order valence-electron chi connectivity index (χ0n) is 9.64. The van der Waals surface area contributed by atoms with Crippen molar-refractivity contribution in [3.8, 4) is 0 Å². The highest BCUT2D eigenvalue weighted by Crippen LogP contribution is 1.85. The van der Waals surface area contributed by atoms with Crippen LogP contribution >= 0.6 is 0 Å². The SMILES string of the molecule is COCCCOCCNCC=C(C)C. The van der Waals surface area contributed by atoms with Gasteiger partial charge < -0.3 is 14.8 Å². The van der Waals surface area contributed by atoms with Crippen molar-refractivity contribution in [3.63, 3.8) is 0 Å². The first-order chi connectivity index (χ1) is 6.77. The predicted molar refractivity (Wildman–Crippen MR) is 59.6 cm³/mol. The smallest absolute Gasteiger partial charge is 0.0591 e. The quantitative estimate of drug-likeness (QED) is 0.454. The Morgan fingerprint density at radius 3 is 2.64 bits per heavy atom. The molecule has 0 unspecified atom stereocenters. The molecule has 0 spiro atoms. The lowest BCUT2D eigenvalue weighted by Gasteiger charge is -2.04. The van der Waals surface area contributed by atoms with Gasteiger partial charge in [-0.3, -0.25) is 0 Å². The third-order valence-electron chi connectivity index (χ3n) is 1.71. The summed E-state index contributed by atoms with van der Waals surface area (Å²) in [6.45, 7) is 8.40. The van der Waals surface area contributed by atoms with Gasteiger partial charge in [-0.1, -0.05) is 11.6 Å². The molecule has 0 atom stereocenters. The van der Waals surface area contributed by atoms with Gasteiger partial charge in [0.25, 0.3) is 0 Å². The standard InChI is InChI=1S/C11H23NO2/c1-11(2)5-6-12-7-10-14-9-4-8-13-3/h5,12H,4,6-10H2,1-3H3. The molecule has 0 rings (SSSR count). The van der Waals surface area contributed by atoms with E-state index in [1.165, 1.54) is 5.57 Å². The average Bonchev–Trinajstić information content (AvgIpc) is 2.15. The molecule has 0 bridgehead atoms. The molecule has 0 radical (unpaired) electrons. The maximum atomic E-state index is 5.38. The Morgan fingerprint density at radius 2 is 2.00 bits per heavy atom. The minimum Gasteiger partial charge on any atom is -0.385 e. The molecular weight excluding hydrogens is 178 g/mol. The van der Waals surface area contributed by atoms with Crippen molar-refractivity contribution in [1.82, 2.24) is 5.32 Å². The summed E-state index contributed by atoms with van der Waals surface area (Å²) >= 11 is 0. The van der Waals surface area contributed by atoms with E-state index in [1.54, 1.807) is 7.11 Å². The fourth-order valence-electron chi connectivity index (χ4n) is 0.930. The summed E-state index contributed by atoms with van der Waals surface area (Å²) in [6, 6.07) is 0. The van der Waals surface area contributed by atoms with Crippen molar-refractivity contribution in [2.45, 2.75) is 20.3 Å². The minimum absolute atomic E-state index is 0.778. The third kappa shape index (κ3) is 11.6.